The minimum atomic E-state index is 0.536. The molecule has 0 aliphatic carbocycles. The summed E-state index contributed by atoms with van der Waals surface area (Å²) in [7, 11) is 0. The highest BCUT2D eigenvalue weighted by molar-refractivity contribution is 6.30. The molecule has 5 nitrogen and oxygen atoms in total. The predicted octanol–water partition coefficient (Wildman–Crippen LogP) is 2.35. The van der Waals surface area contributed by atoms with Crippen molar-refractivity contribution in [3.05, 3.63) is 34.6 Å². The van der Waals surface area contributed by atoms with Crippen LogP contribution in [0.15, 0.2) is 18.3 Å². The molecular formula is C12H14ClN5. The van der Waals surface area contributed by atoms with Crippen LogP contribution in [0.25, 0.3) is 11.5 Å². The van der Waals surface area contributed by atoms with Crippen molar-refractivity contribution < 1.29 is 0 Å². The Labute approximate surface area is 110 Å². The van der Waals surface area contributed by atoms with Crippen LogP contribution in [0.4, 0.5) is 5.82 Å². The van der Waals surface area contributed by atoms with Gasteiger partial charge in [0.25, 0.3) is 0 Å². The maximum absolute atomic E-state index is 5.80. The zero-order chi connectivity index (χ0) is 13.1. The molecule has 0 radical (unpaired) electrons. The van der Waals surface area contributed by atoms with Crippen molar-refractivity contribution in [3.8, 4) is 11.5 Å². The monoisotopic (exact) mass is 263 g/mol. The Morgan fingerprint density at radius 2 is 2.11 bits per heavy atom. The van der Waals surface area contributed by atoms with Crippen LogP contribution in [0.3, 0.4) is 0 Å². The van der Waals surface area contributed by atoms with Crippen LogP contribution in [-0.4, -0.2) is 15.0 Å². The number of nitrogens with zero attached hydrogens (tertiary/aromatic N) is 3. The highest BCUT2D eigenvalue weighted by Crippen LogP contribution is 2.21. The Bertz CT molecular complexity index is 553. The second kappa shape index (κ2) is 5.29. The highest BCUT2D eigenvalue weighted by Gasteiger charge is 2.11. The van der Waals surface area contributed by atoms with Crippen LogP contribution in [0.2, 0.25) is 5.02 Å². The van der Waals surface area contributed by atoms with Crippen molar-refractivity contribution in [2.75, 3.05) is 5.43 Å². The van der Waals surface area contributed by atoms with Gasteiger partial charge in [-0.05, 0) is 25.5 Å². The van der Waals surface area contributed by atoms with E-state index in [2.05, 4.69) is 20.4 Å². The fourth-order valence-corrected chi connectivity index (χ4v) is 1.87. The summed E-state index contributed by atoms with van der Waals surface area (Å²) < 4.78 is 0. The number of hydrogen-bond acceptors (Lipinski definition) is 5. The third kappa shape index (κ3) is 2.42. The van der Waals surface area contributed by atoms with Gasteiger partial charge in [0.15, 0.2) is 5.82 Å². The van der Waals surface area contributed by atoms with E-state index in [1.54, 1.807) is 18.3 Å². The summed E-state index contributed by atoms with van der Waals surface area (Å²) in [5, 5.41) is 0.581. The molecule has 94 valence electrons. The van der Waals surface area contributed by atoms with E-state index in [1.807, 2.05) is 13.8 Å². The van der Waals surface area contributed by atoms with Gasteiger partial charge in [-0.15, -0.1) is 0 Å². The second-order valence-corrected chi connectivity index (χ2v) is 4.26. The SMILES string of the molecule is CCc1c(C)nc(-c2ccc(Cl)cn2)nc1NN. The summed E-state index contributed by atoms with van der Waals surface area (Å²) in [6.07, 6.45) is 2.39. The molecule has 0 aromatic carbocycles. The lowest BCUT2D eigenvalue weighted by Gasteiger charge is -2.10. The molecule has 3 N–H and O–H groups in total. The number of aromatic nitrogens is 3. The van der Waals surface area contributed by atoms with Crippen molar-refractivity contribution in [3.63, 3.8) is 0 Å². The largest absolute Gasteiger partial charge is 0.308 e. The first-order valence-electron chi connectivity index (χ1n) is 5.61. The molecule has 0 bridgehead atoms. The topological polar surface area (TPSA) is 76.7 Å². The van der Waals surface area contributed by atoms with Crippen molar-refractivity contribution in [2.24, 2.45) is 5.84 Å². The van der Waals surface area contributed by atoms with Crippen LogP contribution >= 0.6 is 11.6 Å². The number of anilines is 1. The molecule has 2 rings (SSSR count). The summed E-state index contributed by atoms with van der Waals surface area (Å²) >= 11 is 5.80. The summed E-state index contributed by atoms with van der Waals surface area (Å²) in [4.78, 5) is 13.0. The molecule has 0 unspecified atom stereocenters. The molecule has 0 aliphatic heterocycles. The molecule has 6 heteroatoms. The number of aryl methyl sites for hydroxylation is 1. The second-order valence-electron chi connectivity index (χ2n) is 3.82. The molecular weight excluding hydrogens is 250 g/mol. The van der Waals surface area contributed by atoms with Gasteiger partial charge < -0.3 is 5.43 Å². The predicted molar refractivity (Wildman–Crippen MR) is 72.2 cm³/mol. The van der Waals surface area contributed by atoms with E-state index in [0.29, 0.717) is 22.4 Å². The average molecular weight is 264 g/mol. The van der Waals surface area contributed by atoms with Gasteiger partial charge in [0.1, 0.15) is 11.5 Å². The maximum Gasteiger partial charge on any atom is 0.180 e. The first kappa shape index (κ1) is 12.7. The fraction of sp³-hybridized carbons (Fsp3) is 0.250. The maximum atomic E-state index is 5.80. The van der Waals surface area contributed by atoms with Crippen LogP contribution in [0.1, 0.15) is 18.2 Å². The molecule has 2 aromatic rings. The van der Waals surface area contributed by atoms with E-state index in [9.17, 15) is 0 Å². The van der Waals surface area contributed by atoms with Gasteiger partial charge in [-0.25, -0.2) is 15.8 Å². The van der Waals surface area contributed by atoms with Crippen LogP contribution < -0.4 is 11.3 Å². The van der Waals surface area contributed by atoms with Gasteiger partial charge in [0, 0.05) is 17.5 Å². The van der Waals surface area contributed by atoms with E-state index in [0.717, 1.165) is 17.7 Å². The molecule has 2 heterocycles. The standard InChI is InChI=1S/C12H14ClN5/c1-3-9-7(2)16-12(17-11(9)18-14)10-5-4-8(13)6-15-10/h4-6H,3,14H2,1-2H3,(H,16,17,18). The molecule has 2 aromatic heterocycles. The van der Waals surface area contributed by atoms with E-state index < -0.39 is 0 Å². The number of nitrogens with one attached hydrogen (secondary N) is 1. The quantitative estimate of drug-likeness (QED) is 0.657. The Morgan fingerprint density at radius 1 is 1.33 bits per heavy atom. The minimum Gasteiger partial charge on any atom is -0.308 e. The van der Waals surface area contributed by atoms with Gasteiger partial charge >= 0.3 is 0 Å². The van der Waals surface area contributed by atoms with Crippen molar-refractivity contribution in [2.45, 2.75) is 20.3 Å². The normalized spacial score (nSPS) is 10.4. The van der Waals surface area contributed by atoms with Crippen molar-refractivity contribution >= 4 is 17.4 Å². The molecule has 0 saturated carbocycles. The molecule has 0 saturated heterocycles. The van der Waals surface area contributed by atoms with Crippen LogP contribution in [0, 0.1) is 6.92 Å². The van der Waals surface area contributed by atoms with Crippen molar-refractivity contribution in [1.82, 2.24) is 15.0 Å². The molecule has 18 heavy (non-hydrogen) atoms. The fourth-order valence-electron chi connectivity index (χ4n) is 1.76. The Hall–Kier alpha value is -1.72. The molecule has 0 aliphatic rings. The Balaban J connectivity index is 2.52. The average Bonchev–Trinajstić information content (AvgIpc) is 2.38. The Kier molecular flexibility index (Phi) is 3.74. The van der Waals surface area contributed by atoms with Gasteiger partial charge in [-0.1, -0.05) is 18.5 Å². The summed E-state index contributed by atoms with van der Waals surface area (Å²) in [5.41, 5.74) is 5.18. The third-order valence-electron chi connectivity index (χ3n) is 2.66. The first-order chi connectivity index (χ1) is 8.65. The van der Waals surface area contributed by atoms with Crippen LogP contribution in [0.5, 0.6) is 0 Å². The number of nitrogen functional groups attached to an aromatic ring is 1. The summed E-state index contributed by atoms with van der Waals surface area (Å²) in [5.74, 6) is 6.66. The smallest absolute Gasteiger partial charge is 0.180 e. The van der Waals surface area contributed by atoms with Gasteiger partial charge in [0.05, 0.1) is 5.02 Å². The minimum absolute atomic E-state index is 0.536. The zero-order valence-electron chi connectivity index (χ0n) is 10.2. The van der Waals surface area contributed by atoms with E-state index in [-0.39, 0.29) is 0 Å². The van der Waals surface area contributed by atoms with Gasteiger partial charge in [-0.3, -0.25) is 4.98 Å². The highest BCUT2D eigenvalue weighted by atomic mass is 35.5. The van der Waals surface area contributed by atoms with E-state index >= 15 is 0 Å². The molecule has 0 fully saturated rings. The van der Waals surface area contributed by atoms with Crippen LogP contribution in [-0.2, 0) is 6.42 Å². The molecule has 0 amide bonds. The number of halogens is 1. The summed E-state index contributed by atoms with van der Waals surface area (Å²) in [6.45, 7) is 3.97. The number of hydrazine groups is 1. The lowest BCUT2D eigenvalue weighted by molar-refractivity contribution is 0.989. The lowest BCUT2D eigenvalue weighted by atomic mass is 10.1. The van der Waals surface area contributed by atoms with E-state index in [4.69, 9.17) is 17.4 Å². The van der Waals surface area contributed by atoms with Crippen molar-refractivity contribution in [1.29, 1.82) is 0 Å². The summed E-state index contributed by atoms with van der Waals surface area (Å²) in [6, 6.07) is 3.54. The van der Waals surface area contributed by atoms with Gasteiger partial charge in [-0.2, -0.15) is 0 Å². The zero-order valence-corrected chi connectivity index (χ0v) is 11.0. The number of pyridine rings is 1. The number of hydrogen-bond donors (Lipinski definition) is 2. The van der Waals surface area contributed by atoms with Gasteiger partial charge in [0.2, 0.25) is 0 Å². The molecule has 0 atom stereocenters. The lowest BCUT2D eigenvalue weighted by Crippen LogP contribution is -2.13. The Morgan fingerprint density at radius 3 is 2.67 bits per heavy atom. The first-order valence-corrected chi connectivity index (χ1v) is 5.99. The molecule has 0 spiro atoms. The number of nitrogens with two attached hydrogens (primary N) is 1. The van der Waals surface area contributed by atoms with E-state index in [1.165, 1.54) is 0 Å². The number of rotatable bonds is 3. The third-order valence-corrected chi connectivity index (χ3v) is 2.88.